The molecule has 0 aliphatic rings. The molecule has 0 radical (unpaired) electrons. The molecule has 0 heterocycles. The van der Waals surface area contributed by atoms with E-state index in [9.17, 15) is 8.78 Å². The Morgan fingerprint density at radius 1 is 0.436 bits per heavy atom. The molecule has 0 fully saturated rings. The molecule has 0 bridgehead atoms. The van der Waals surface area contributed by atoms with E-state index < -0.39 is 0 Å². The van der Waals surface area contributed by atoms with Crippen molar-refractivity contribution in [2.75, 3.05) is 19.0 Å². The first-order valence-electron chi connectivity index (χ1n) is 12.9. The number of benzene rings is 6. The summed E-state index contributed by atoms with van der Waals surface area (Å²) in [5.74, 6) is -0.538. The Balaban J connectivity index is 1.50. The number of hydrogen-bond donors (Lipinski definition) is 0. The molecule has 0 saturated heterocycles. The van der Waals surface area contributed by atoms with E-state index in [4.69, 9.17) is 0 Å². The van der Waals surface area contributed by atoms with Crippen molar-refractivity contribution in [2.45, 2.75) is 0 Å². The van der Waals surface area contributed by atoms with E-state index in [1.54, 1.807) is 24.3 Å². The van der Waals surface area contributed by atoms with Crippen molar-refractivity contribution in [3.63, 3.8) is 0 Å². The van der Waals surface area contributed by atoms with E-state index in [1.807, 2.05) is 14.1 Å². The fourth-order valence-corrected chi connectivity index (χ4v) is 5.08. The lowest BCUT2D eigenvalue weighted by atomic mass is 9.90. The summed E-state index contributed by atoms with van der Waals surface area (Å²) in [5.41, 5.74) is 9.43. The van der Waals surface area contributed by atoms with Gasteiger partial charge in [0.25, 0.3) is 0 Å². The van der Waals surface area contributed by atoms with Crippen LogP contribution in [0.25, 0.3) is 55.3 Å². The molecule has 190 valence electrons. The van der Waals surface area contributed by atoms with Crippen LogP contribution in [0.5, 0.6) is 0 Å². The predicted molar refractivity (Wildman–Crippen MR) is 160 cm³/mol. The standard InChI is InChI=1S/C36H27F2N/c1-39(2)34-7-3-5-26(23-34)27-13-18-36-28(19-27)6-4-8-35(36)31-21-29(24-9-14-32(37)15-10-24)20-30(22-31)25-11-16-33(38)17-12-25/h3-23H,1-2H3. The van der Waals surface area contributed by atoms with Gasteiger partial charge in [0.05, 0.1) is 0 Å². The average molecular weight is 512 g/mol. The van der Waals surface area contributed by atoms with Gasteiger partial charge in [-0.3, -0.25) is 0 Å². The molecule has 0 aliphatic heterocycles. The molecular weight excluding hydrogens is 484 g/mol. The lowest BCUT2D eigenvalue weighted by Crippen LogP contribution is -2.08. The molecule has 0 atom stereocenters. The van der Waals surface area contributed by atoms with Crippen molar-refractivity contribution in [1.82, 2.24) is 0 Å². The van der Waals surface area contributed by atoms with E-state index in [-0.39, 0.29) is 11.6 Å². The first kappa shape index (κ1) is 24.6. The number of hydrogen-bond acceptors (Lipinski definition) is 1. The van der Waals surface area contributed by atoms with Crippen molar-refractivity contribution in [3.8, 4) is 44.5 Å². The number of nitrogens with zero attached hydrogens (tertiary/aromatic N) is 1. The van der Waals surface area contributed by atoms with Crippen LogP contribution >= 0.6 is 0 Å². The van der Waals surface area contributed by atoms with E-state index in [2.05, 4.69) is 83.8 Å². The van der Waals surface area contributed by atoms with Gasteiger partial charge in [0.15, 0.2) is 0 Å². The second-order valence-corrected chi connectivity index (χ2v) is 10.00. The van der Waals surface area contributed by atoms with Crippen LogP contribution < -0.4 is 4.90 Å². The maximum absolute atomic E-state index is 13.7. The monoisotopic (exact) mass is 511 g/mol. The summed E-state index contributed by atoms with van der Waals surface area (Å²) in [4.78, 5) is 2.11. The highest BCUT2D eigenvalue weighted by molar-refractivity contribution is 6.00. The summed E-state index contributed by atoms with van der Waals surface area (Å²) in [6.07, 6.45) is 0. The quantitative estimate of drug-likeness (QED) is 0.223. The summed E-state index contributed by atoms with van der Waals surface area (Å²) in [6, 6.07) is 40.9. The molecule has 39 heavy (non-hydrogen) atoms. The van der Waals surface area contributed by atoms with Crippen LogP contribution in [-0.4, -0.2) is 14.1 Å². The lowest BCUT2D eigenvalue weighted by molar-refractivity contribution is 0.627. The Hall–Kier alpha value is -4.76. The van der Waals surface area contributed by atoms with Crippen LogP contribution in [-0.2, 0) is 0 Å². The zero-order valence-corrected chi connectivity index (χ0v) is 21.8. The molecule has 6 aromatic carbocycles. The predicted octanol–water partition coefficient (Wildman–Crippen LogP) is 9.85. The first-order chi connectivity index (χ1) is 18.9. The summed E-state index contributed by atoms with van der Waals surface area (Å²) in [6.45, 7) is 0. The van der Waals surface area contributed by atoms with Crippen LogP contribution in [0.4, 0.5) is 14.5 Å². The van der Waals surface area contributed by atoms with Gasteiger partial charge in [-0.05, 0) is 116 Å². The van der Waals surface area contributed by atoms with Gasteiger partial charge in [-0.2, -0.15) is 0 Å². The normalized spacial score (nSPS) is 11.1. The number of anilines is 1. The fraction of sp³-hybridized carbons (Fsp3) is 0.0556. The highest BCUT2D eigenvalue weighted by Gasteiger charge is 2.11. The Bertz CT molecular complexity index is 1720. The molecular formula is C36H27F2N. The smallest absolute Gasteiger partial charge is 0.123 e. The third-order valence-corrected chi connectivity index (χ3v) is 7.18. The topological polar surface area (TPSA) is 3.24 Å². The van der Waals surface area contributed by atoms with Crippen molar-refractivity contribution in [1.29, 1.82) is 0 Å². The van der Waals surface area contributed by atoms with Gasteiger partial charge >= 0.3 is 0 Å². The highest BCUT2D eigenvalue weighted by atomic mass is 19.1. The minimum Gasteiger partial charge on any atom is -0.378 e. The summed E-state index contributed by atoms with van der Waals surface area (Å²) in [7, 11) is 4.10. The van der Waals surface area contributed by atoms with Crippen LogP contribution in [0, 0.1) is 11.6 Å². The van der Waals surface area contributed by atoms with E-state index in [0.29, 0.717) is 0 Å². The van der Waals surface area contributed by atoms with Gasteiger partial charge in [-0.1, -0.05) is 66.7 Å². The van der Waals surface area contributed by atoms with Crippen LogP contribution in [0.2, 0.25) is 0 Å². The molecule has 0 saturated carbocycles. The summed E-state index contributed by atoms with van der Waals surface area (Å²) >= 11 is 0. The molecule has 6 aromatic rings. The number of fused-ring (bicyclic) bond motifs is 1. The second kappa shape index (κ2) is 10.2. The maximum atomic E-state index is 13.7. The van der Waals surface area contributed by atoms with Gasteiger partial charge < -0.3 is 4.90 Å². The number of rotatable bonds is 5. The third kappa shape index (κ3) is 5.04. The van der Waals surface area contributed by atoms with Gasteiger partial charge in [0, 0.05) is 19.8 Å². The zero-order valence-electron chi connectivity index (χ0n) is 21.8. The van der Waals surface area contributed by atoms with E-state index in [1.165, 1.54) is 29.8 Å². The van der Waals surface area contributed by atoms with E-state index >= 15 is 0 Å². The van der Waals surface area contributed by atoms with Crippen molar-refractivity contribution in [2.24, 2.45) is 0 Å². The van der Waals surface area contributed by atoms with Crippen LogP contribution in [0.15, 0.2) is 127 Å². The molecule has 0 aromatic heterocycles. The van der Waals surface area contributed by atoms with Crippen LogP contribution in [0.3, 0.4) is 0 Å². The largest absolute Gasteiger partial charge is 0.378 e. The molecule has 0 aliphatic carbocycles. The van der Waals surface area contributed by atoms with Crippen molar-refractivity contribution in [3.05, 3.63) is 139 Å². The molecule has 0 unspecified atom stereocenters. The average Bonchev–Trinajstić information content (AvgIpc) is 2.97. The Morgan fingerprint density at radius 3 is 1.59 bits per heavy atom. The fourth-order valence-electron chi connectivity index (χ4n) is 5.08. The zero-order chi connectivity index (χ0) is 26.9. The Labute approximate surface area is 227 Å². The van der Waals surface area contributed by atoms with Gasteiger partial charge in [-0.15, -0.1) is 0 Å². The SMILES string of the molecule is CN(C)c1cccc(-c2ccc3c(-c4cc(-c5ccc(F)cc5)cc(-c5ccc(F)cc5)c4)cccc3c2)c1. The van der Waals surface area contributed by atoms with Crippen molar-refractivity contribution >= 4 is 16.5 Å². The molecule has 6 rings (SSSR count). The molecule has 0 spiro atoms. The minimum absolute atomic E-state index is 0.269. The molecule has 0 amide bonds. The van der Waals surface area contributed by atoms with Gasteiger partial charge in [0.1, 0.15) is 11.6 Å². The molecule has 1 nitrogen and oxygen atoms in total. The van der Waals surface area contributed by atoms with Gasteiger partial charge in [0.2, 0.25) is 0 Å². The third-order valence-electron chi connectivity index (χ3n) is 7.18. The van der Waals surface area contributed by atoms with Crippen molar-refractivity contribution < 1.29 is 8.78 Å². The first-order valence-corrected chi connectivity index (χ1v) is 12.9. The Kier molecular flexibility index (Phi) is 6.42. The Morgan fingerprint density at radius 2 is 0.974 bits per heavy atom. The molecule has 3 heteroatoms. The van der Waals surface area contributed by atoms with Gasteiger partial charge in [-0.25, -0.2) is 8.78 Å². The summed E-state index contributed by atoms with van der Waals surface area (Å²) < 4.78 is 27.4. The van der Waals surface area contributed by atoms with Crippen LogP contribution in [0.1, 0.15) is 0 Å². The highest BCUT2D eigenvalue weighted by Crippen LogP contribution is 2.37. The second-order valence-electron chi connectivity index (χ2n) is 10.00. The maximum Gasteiger partial charge on any atom is 0.123 e. The lowest BCUT2D eigenvalue weighted by Gasteiger charge is -2.15. The molecule has 0 N–H and O–H groups in total. The summed E-state index contributed by atoms with van der Waals surface area (Å²) in [5, 5.41) is 2.29. The van der Waals surface area contributed by atoms with E-state index in [0.717, 1.165) is 55.4 Å². The number of halogens is 2. The minimum atomic E-state index is -0.269.